The van der Waals surface area contributed by atoms with E-state index in [9.17, 15) is 19.6 Å². The predicted molar refractivity (Wildman–Crippen MR) is 179 cm³/mol. The van der Waals surface area contributed by atoms with Crippen molar-refractivity contribution in [1.29, 1.82) is 5.26 Å². The van der Waals surface area contributed by atoms with E-state index in [1.165, 1.54) is 0 Å². The minimum Gasteiger partial charge on any atom is -0.496 e. The summed E-state index contributed by atoms with van der Waals surface area (Å²) in [6.45, 7) is 15.8. The second-order valence-corrected chi connectivity index (χ2v) is 14.0. The third-order valence-corrected chi connectivity index (χ3v) is 9.14. The van der Waals surface area contributed by atoms with Crippen molar-refractivity contribution in [3.8, 4) is 28.7 Å². The van der Waals surface area contributed by atoms with Gasteiger partial charge in [0.25, 0.3) is 11.5 Å². The van der Waals surface area contributed by atoms with Crippen LogP contribution in [-0.4, -0.2) is 84.6 Å². The number of aryl methyl sites for hydroxylation is 1. The number of hydrogen-bond acceptors (Lipinski definition) is 7. The van der Waals surface area contributed by atoms with Crippen LogP contribution in [0.25, 0.3) is 11.1 Å². The number of piperidine rings is 1. The van der Waals surface area contributed by atoms with Gasteiger partial charge >= 0.3 is 0 Å². The summed E-state index contributed by atoms with van der Waals surface area (Å²) in [5.74, 6) is 1.07. The van der Waals surface area contributed by atoms with Crippen LogP contribution >= 0.6 is 0 Å². The largest absolute Gasteiger partial charge is 0.496 e. The lowest BCUT2D eigenvalue weighted by Gasteiger charge is -2.40. The molecule has 2 aromatic rings. The highest BCUT2D eigenvalue weighted by Crippen LogP contribution is 2.37. The Kier molecular flexibility index (Phi) is 10.7. The molecule has 2 aliphatic rings. The zero-order valence-electron chi connectivity index (χ0n) is 28.9. The molecule has 0 N–H and O–H groups in total. The van der Waals surface area contributed by atoms with Crippen LogP contribution in [-0.2, 0) is 23.2 Å². The highest BCUT2D eigenvalue weighted by molar-refractivity contribution is 5.97. The van der Waals surface area contributed by atoms with Gasteiger partial charge in [0.05, 0.1) is 25.7 Å². The first kappa shape index (κ1) is 34.8. The highest BCUT2D eigenvalue weighted by Gasteiger charge is 2.36. The van der Waals surface area contributed by atoms with E-state index in [-0.39, 0.29) is 40.2 Å². The number of pyridine rings is 1. The summed E-state index contributed by atoms with van der Waals surface area (Å²) >= 11 is 0. The average molecular weight is 632 g/mol. The second kappa shape index (κ2) is 14.1. The lowest BCUT2D eigenvalue weighted by Crippen LogP contribution is -2.54. The van der Waals surface area contributed by atoms with E-state index in [4.69, 9.17) is 9.47 Å². The van der Waals surface area contributed by atoms with Gasteiger partial charge in [0.2, 0.25) is 5.91 Å². The summed E-state index contributed by atoms with van der Waals surface area (Å²) in [7, 11) is 5.05. The van der Waals surface area contributed by atoms with Crippen molar-refractivity contribution in [1.82, 2.24) is 19.3 Å². The number of amides is 2. The predicted octanol–water partition coefficient (Wildman–Crippen LogP) is 4.31. The second-order valence-electron chi connectivity index (χ2n) is 14.0. The molecular formula is C36H49N5O5. The number of methoxy groups -OCH3 is 2. The third kappa shape index (κ3) is 7.64. The van der Waals surface area contributed by atoms with Gasteiger partial charge in [0, 0.05) is 70.2 Å². The van der Waals surface area contributed by atoms with E-state index in [2.05, 4.69) is 17.9 Å². The van der Waals surface area contributed by atoms with Crippen LogP contribution in [0.3, 0.4) is 0 Å². The summed E-state index contributed by atoms with van der Waals surface area (Å²) in [6, 6.07) is 6.07. The maximum atomic E-state index is 13.7. The van der Waals surface area contributed by atoms with E-state index in [1.54, 1.807) is 36.8 Å². The van der Waals surface area contributed by atoms with Gasteiger partial charge in [-0.15, -0.1) is 0 Å². The molecule has 10 heteroatoms. The number of benzene rings is 1. The Morgan fingerprint density at radius 2 is 1.61 bits per heavy atom. The van der Waals surface area contributed by atoms with Crippen LogP contribution in [0.4, 0.5) is 0 Å². The monoisotopic (exact) mass is 631 g/mol. The lowest BCUT2D eigenvalue weighted by atomic mass is 9.88. The molecule has 2 atom stereocenters. The van der Waals surface area contributed by atoms with Crippen LogP contribution in [0.2, 0.25) is 0 Å². The number of nitriles is 1. The Morgan fingerprint density at radius 3 is 2.15 bits per heavy atom. The molecule has 0 saturated carbocycles. The Hall–Kier alpha value is -4.10. The summed E-state index contributed by atoms with van der Waals surface area (Å²) in [4.78, 5) is 45.3. The van der Waals surface area contributed by atoms with Gasteiger partial charge in [-0.2, -0.15) is 5.26 Å². The van der Waals surface area contributed by atoms with Crippen molar-refractivity contribution in [3.05, 3.63) is 57.0 Å². The van der Waals surface area contributed by atoms with Crippen molar-refractivity contribution >= 4 is 11.8 Å². The van der Waals surface area contributed by atoms with Gasteiger partial charge in [-0.25, -0.2) is 0 Å². The van der Waals surface area contributed by atoms with E-state index in [1.807, 2.05) is 57.8 Å². The molecule has 46 heavy (non-hydrogen) atoms. The minimum absolute atomic E-state index is 0.0142. The van der Waals surface area contributed by atoms with Crippen molar-refractivity contribution in [2.45, 2.75) is 54.5 Å². The van der Waals surface area contributed by atoms with E-state index < -0.39 is 0 Å². The van der Waals surface area contributed by atoms with Crippen LogP contribution < -0.4 is 15.0 Å². The number of ether oxygens (including phenoxy) is 2. The molecule has 2 saturated heterocycles. The highest BCUT2D eigenvalue weighted by atomic mass is 16.5. The fourth-order valence-corrected chi connectivity index (χ4v) is 6.61. The first-order valence-corrected chi connectivity index (χ1v) is 16.0. The van der Waals surface area contributed by atoms with E-state index >= 15 is 0 Å². The Balaban J connectivity index is 1.45. The number of likely N-dealkylation sites (tertiary alicyclic amines) is 1. The molecule has 248 valence electrons. The van der Waals surface area contributed by atoms with Crippen LogP contribution in [0.1, 0.15) is 50.8 Å². The molecule has 2 unspecified atom stereocenters. The van der Waals surface area contributed by atoms with Gasteiger partial charge in [-0.1, -0.05) is 33.8 Å². The number of piperazine rings is 1. The van der Waals surface area contributed by atoms with Gasteiger partial charge in [-0.05, 0) is 54.9 Å². The summed E-state index contributed by atoms with van der Waals surface area (Å²) in [5, 5.41) is 9.66. The van der Waals surface area contributed by atoms with Crippen molar-refractivity contribution in [2.75, 3.05) is 53.5 Å². The maximum absolute atomic E-state index is 13.7. The fraction of sp³-hybridized carbons (Fsp3) is 0.556. The number of rotatable bonds is 7. The minimum atomic E-state index is -0.297. The number of aromatic nitrogens is 1. The molecule has 0 radical (unpaired) electrons. The molecule has 0 spiro atoms. The van der Waals surface area contributed by atoms with Crippen LogP contribution in [0, 0.1) is 42.4 Å². The fourth-order valence-electron chi connectivity index (χ4n) is 6.61. The number of nitrogens with zero attached hydrogens (tertiary/aromatic N) is 5. The molecule has 1 aromatic heterocycles. The van der Waals surface area contributed by atoms with Crippen LogP contribution in [0.5, 0.6) is 11.5 Å². The molecule has 2 aliphatic heterocycles. The zero-order valence-corrected chi connectivity index (χ0v) is 28.9. The molecule has 3 heterocycles. The molecule has 0 aliphatic carbocycles. The van der Waals surface area contributed by atoms with Crippen molar-refractivity contribution in [3.63, 3.8) is 0 Å². The number of hydrogen-bond donors (Lipinski definition) is 0. The molecular weight excluding hydrogens is 582 g/mol. The molecule has 1 aromatic carbocycles. The molecule has 2 amide bonds. The number of allylic oxidation sites excluding steroid dienone is 1. The summed E-state index contributed by atoms with van der Waals surface area (Å²) in [6.07, 6.45) is 4.29. The Morgan fingerprint density at radius 1 is 1.00 bits per heavy atom. The van der Waals surface area contributed by atoms with Crippen molar-refractivity contribution in [2.24, 2.45) is 24.3 Å². The van der Waals surface area contributed by atoms with Gasteiger partial charge in [0.1, 0.15) is 23.1 Å². The molecule has 4 rings (SSSR count). The number of carbonyl (C=O) groups is 2. The van der Waals surface area contributed by atoms with Gasteiger partial charge in [0.15, 0.2) is 0 Å². The summed E-state index contributed by atoms with van der Waals surface area (Å²) in [5.41, 5.74) is 4.25. The lowest BCUT2D eigenvalue weighted by molar-refractivity contribution is -0.142. The smallest absolute Gasteiger partial charge is 0.264 e. The number of carbonyl (C=O) groups excluding carboxylic acids is 2. The third-order valence-electron chi connectivity index (χ3n) is 9.14. The maximum Gasteiger partial charge on any atom is 0.264 e. The quantitative estimate of drug-likeness (QED) is 0.331. The molecule has 10 nitrogen and oxygen atoms in total. The Labute approximate surface area is 273 Å². The topological polar surface area (TPSA) is 108 Å². The van der Waals surface area contributed by atoms with E-state index in [0.717, 1.165) is 28.7 Å². The first-order valence-electron chi connectivity index (χ1n) is 16.0. The SMILES string of the molecule is COc1cc(-c2cn(C)c(=O)c(C)c2C)cc(OC)c1CN1CCN(C(=O)C2CC(C)CN(C(=O)/C(C#N)=C/C(C)(C)C)C2)CC1. The molecule has 2 fully saturated rings. The van der Waals surface area contributed by atoms with Gasteiger partial charge < -0.3 is 23.8 Å². The zero-order chi connectivity index (χ0) is 33.9. The standard InChI is InChI=1S/C36H49N5O5/c1-23-14-27(20-41(19-23)35(44)28(18-37)17-36(4,5)6)34(43)40-12-10-39(11-13-40)22-30-31(45-8)15-26(16-32(30)46-9)29-21-38(7)33(42)25(3)24(29)2/h15-17,21,23,27H,10-14,19-20,22H2,1-9H3/b28-17+. The summed E-state index contributed by atoms with van der Waals surface area (Å²) < 4.78 is 13.3. The average Bonchev–Trinajstić information content (AvgIpc) is 3.03. The Bertz CT molecular complexity index is 1580. The van der Waals surface area contributed by atoms with E-state index in [0.29, 0.717) is 62.9 Å². The normalized spacial score (nSPS) is 19.5. The van der Waals surface area contributed by atoms with Crippen molar-refractivity contribution < 1.29 is 19.1 Å². The molecule has 0 bridgehead atoms. The van der Waals surface area contributed by atoms with Crippen LogP contribution in [0.15, 0.2) is 34.8 Å². The van der Waals surface area contributed by atoms with Gasteiger partial charge in [-0.3, -0.25) is 19.3 Å². The first-order chi connectivity index (χ1) is 21.7.